The maximum atomic E-state index is 12.2. The van der Waals surface area contributed by atoms with Gasteiger partial charge in [-0.3, -0.25) is 14.6 Å². The van der Waals surface area contributed by atoms with Crippen LogP contribution in [0.1, 0.15) is 12.5 Å². The van der Waals surface area contributed by atoms with Crippen molar-refractivity contribution in [2.45, 2.75) is 23.6 Å². The largest absolute Gasteiger partial charge is 0.442 e. The summed E-state index contributed by atoms with van der Waals surface area (Å²) in [7, 11) is 0. The van der Waals surface area contributed by atoms with Gasteiger partial charge in [0.05, 0.1) is 19.2 Å². The number of carbonyl (C=O) groups is 2. The summed E-state index contributed by atoms with van der Waals surface area (Å²) in [4.78, 5) is 35.3. The number of rotatable bonds is 7. The molecule has 1 fully saturated rings. The van der Waals surface area contributed by atoms with E-state index < -0.39 is 6.09 Å². The van der Waals surface area contributed by atoms with E-state index >= 15 is 0 Å². The van der Waals surface area contributed by atoms with Crippen LogP contribution in [0.4, 0.5) is 10.5 Å². The average Bonchev–Trinajstić information content (AvgIpc) is 3.44. The lowest BCUT2D eigenvalue weighted by Crippen LogP contribution is -2.33. The number of benzene rings is 1. The van der Waals surface area contributed by atoms with E-state index in [-0.39, 0.29) is 17.4 Å². The molecule has 0 radical (unpaired) electrons. The van der Waals surface area contributed by atoms with Crippen molar-refractivity contribution in [3.05, 3.63) is 54.4 Å². The molecule has 1 unspecified atom stereocenters. The lowest BCUT2D eigenvalue weighted by Gasteiger charge is -2.20. The molecule has 2 atom stereocenters. The van der Waals surface area contributed by atoms with Crippen LogP contribution >= 0.6 is 11.8 Å². The van der Waals surface area contributed by atoms with Gasteiger partial charge in [-0.25, -0.2) is 14.8 Å². The summed E-state index contributed by atoms with van der Waals surface area (Å²) < 4.78 is 5.32. The SMILES string of the molecule is CC(=O)NC[C@H]1CN(c2ccc(C3=CCN(C(C#N)Sc4ncccn4)C3)cc2)C(=O)O1. The molecule has 4 rings (SSSR count). The third-order valence-corrected chi connectivity index (χ3v) is 6.20. The van der Waals surface area contributed by atoms with Crippen molar-refractivity contribution in [2.75, 3.05) is 31.1 Å². The molecule has 2 aliphatic heterocycles. The fourth-order valence-electron chi connectivity index (χ4n) is 3.54. The van der Waals surface area contributed by atoms with Gasteiger partial charge in [-0.15, -0.1) is 0 Å². The summed E-state index contributed by atoms with van der Waals surface area (Å²) in [5.74, 6) is -0.156. The molecule has 2 aliphatic rings. The molecule has 32 heavy (non-hydrogen) atoms. The molecule has 1 aromatic heterocycles. The maximum Gasteiger partial charge on any atom is 0.414 e. The van der Waals surface area contributed by atoms with Crippen LogP contribution in [-0.2, 0) is 9.53 Å². The standard InChI is InChI=1S/C22H22N6O3S/c1-15(29)26-12-19-14-28(22(30)31-19)18-5-3-16(4-6-18)17-7-10-27(13-17)20(11-23)32-21-24-8-2-9-25-21/h2-9,19-20H,10,12-14H2,1H3,(H,26,29)/t19-,20?/m0/s1. The van der Waals surface area contributed by atoms with Crippen LogP contribution in [0.25, 0.3) is 5.57 Å². The first-order valence-corrected chi connectivity index (χ1v) is 11.0. The van der Waals surface area contributed by atoms with Gasteiger partial charge in [0.15, 0.2) is 10.5 Å². The number of hydrogen-bond donors (Lipinski definition) is 1. The second-order valence-corrected chi connectivity index (χ2v) is 8.44. The third-order valence-electron chi connectivity index (χ3n) is 5.15. The van der Waals surface area contributed by atoms with E-state index in [0.717, 1.165) is 16.8 Å². The Labute approximate surface area is 190 Å². The number of carbonyl (C=O) groups excluding carboxylic acids is 2. The Morgan fingerprint density at radius 2 is 2.09 bits per heavy atom. The molecule has 9 nitrogen and oxygen atoms in total. The Morgan fingerprint density at radius 3 is 2.78 bits per heavy atom. The molecular formula is C22H22N6O3S. The van der Waals surface area contributed by atoms with E-state index in [1.165, 1.54) is 18.7 Å². The highest BCUT2D eigenvalue weighted by atomic mass is 32.2. The molecule has 1 saturated heterocycles. The van der Waals surface area contributed by atoms with Crippen molar-refractivity contribution >= 4 is 35.0 Å². The minimum atomic E-state index is -0.420. The highest BCUT2D eigenvalue weighted by Crippen LogP contribution is 2.30. The number of nitrogens with one attached hydrogen (secondary N) is 1. The summed E-state index contributed by atoms with van der Waals surface area (Å²) >= 11 is 1.33. The number of thioether (sulfide) groups is 1. The van der Waals surface area contributed by atoms with Crippen molar-refractivity contribution in [1.82, 2.24) is 20.2 Å². The van der Waals surface area contributed by atoms with Gasteiger partial charge in [0.2, 0.25) is 5.91 Å². The maximum absolute atomic E-state index is 12.2. The zero-order chi connectivity index (χ0) is 22.5. The van der Waals surface area contributed by atoms with Gasteiger partial charge >= 0.3 is 6.09 Å². The Morgan fingerprint density at radius 1 is 1.34 bits per heavy atom. The van der Waals surface area contributed by atoms with E-state index in [0.29, 0.717) is 31.3 Å². The fourth-order valence-corrected chi connectivity index (χ4v) is 4.35. The van der Waals surface area contributed by atoms with Crippen LogP contribution in [0.3, 0.4) is 0 Å². The smallest absolute Gasteiger partial charge is 0.414 e. The molecule has 0 spiro atoms. The summed E-state index contributed by atoms with van der Waals surface area (Å²) in [6.45, 7) is 3.42. The van der Waals surface area contributed by atoms with E-state index in [1.807, 2.05) is 24.3 Å². The van der Waals surface area contributed by atoms with Crippen LogP contribution in [0, 0.1) is 11.3 Å². The number of aromatic nitrogens is 2. The number of nitrogens with zero attached hydrogens (tertiary/aromatic N) is 5. The van der Waals surface area contributed by atoms with Crippen molar-refractivity contribution in [3.8, 4) is 6.07 Å². The van der Waals surface area contributed by atoms with Gasteiger partial charge in [-0.05, 0) is 29.3 Å². The van der Waals surface area contributed by atoms with Crippen molar-refractivity contribution in [3.63, 3.8) is 0 Å². The monoisotopic (exact) mass is 450 g/mol. The molecule has 10 heteroatoms. The predicted molar refractivity (Wildman–Crippen MR) is 120 cm³/mol. The molecule has 1 N–H and O–H groups in total. The minimum absolute atomic E-state index is 0.156. The summed E-state index contributed by atoms with van der Waals surface area (Å²) in [5, 5.41) is 12.5. The highest BCUT2D eigenvalue weighted by Gasteiger charge is 2.32. The molecule has 3 heterocycles. The van der Waals surface area contributed by atoms with Crippen LogP contribution in [0.15, 0.2) is 54.0 Å². The van der Waals surface area contributed by atoms with Crippen LogP contribution in [0.2, 0.25) is 0 Å². The third kappa shape index (κ3) is 5.07. The Kier molecular flexibility index (Phi) is 6.68. The van der Waals surface area contributed by atoms with Gasteiger partial charge in [0, 0.05) is 38.1 Å². The Hall–Kier alpha value is -3.42. The van der Waals surface area contributed by atoms with Crippen molar-refractivity contribution < 1.29 is 14.3 Å². The lowest BCUT2D eigenvalue weighted by atomic mass is 10.1. The van der Waals surface area contributed by atoms with Gasteiger partial charge in [0.1, 0.15) is 6.10 Å². The number of nitriles is 1. The van der Waals surface area contributed by atoms with Crippen molar-refractivity contribution in [1.29, 1.82) is 5.26 Å². The molecule has 2 amide bonds. The van der Waals surface area contributed by atoms with Gasteiger partial charge < -0.3 is 10.1 Å². The summed E-state index contributed by atoms with van der Waals surface area (Å²) in [5.41, 5.74) is 2.90. The van der Waals surface area contributed by atoms with Gasteiger partial charge in [-0.1, -0.05) is 30.0 Å². The first-order chi connectivity index (χ1) is 15.5. The quantitative estimate of drug-likeness (QED) is 0.505. The van der Waals surface area contributed by atoms with Gasteiger partial charge in [0.25, 0.3) is 0 Å². The normalized spacial score (nSPS) is 19.2. The minimum Gasteiger partial charge on any atom is -0.442 e. The highest BCUT2D eigenvalue weighted by molar-refractivity contribution is 7.99. The predicted octanol–water partition coefficient (Wildman–Crippen LogP) is 2.28. The molecule has 0 aliphatic carbocycles. The van der Waals surface area contributed by atoms with E-state index in [2.05, 4.69) is 32.3 Å². The number of ether oxygens (including phenoxy) is 1. The Balaban J connectivity index is 1.36. The van der Waals surface area contributed by atoms with Gasteiger partial charge in [-0.2, -0.15) is 5.26 Å². The van der Waals surface area contributed by atoms with Crippen LogP contribution in [-0.4, -0.2) is 64.5 Å². The molecule has 164 valence electrons. The molecule has 0 saturated carbocycles. The zero-order valence-electron chi connectivity index (χ0n) is 17.5. The topological polar surface area (TPSA) is 111 Å². The second kappa shape index (κ2) is 9.80. The van der Waals surface area contributed by atoms with Crippen LogP contribution in [0.5, 0.6) is 0 Å². The number of hydrogen-bond acceptors (Lipinski definition) is 8. The number of amides is 2. The van der Waals surface area contributed by atoms with E-state index in [9.17, 15) is 14.9 Å². The second-order valence-electron chi connectivity index (χ2n) is 7.39. The summed E-state index contributed by atoms with van der Waals surface area (Å²) in [6, 6.07) is 11.8. The van der Waals surface area contributed by atoms with E-state index in [1.54, 1.807) is 23.4 Å². The average molecular weight is 451 g/mol. The molecule has 2 aromatic rings. The number of anilines is 1. The first-order valence-electron chi connectivity index (χ1n) is 10.1. The molecule has 1 aromatic carbocycles. The van der Waals surface area contributed by atoms with Crippen molar-refractivity contribution in [2.24, 2.45) is 0 Å². The zero-order valence-corrected chi connectivity index (χ0v) is 18.3. The van der Waals surface area contributed by atoms with E-state index in [4.69, 9.17) is 4.74 Å². The summed E-state index contributed by atoms with van der Waals surface area (Å²) in [6.07, 6.45) is 4.65. The fraction of sp³-hybridized carbons (Fsp3) is 0.318. The number of cyclic esters (lactones) is 1. The molecular weight excluding hydrogens is 428 g/mol. The molecule has 0 bridgehead atoms. The first kappa shape index (κ1) is 21.8. The lowest BCUT2D eigenvalue weighted by molar-refractivity contribution is -0.119. The van der Waals surface area contributed by atoms with Crippen LogP contribution < -0.4 is 10.2 Å². The Bertz CT molecular complexity index is 1050.